The molecular weight excluding hydrogens is 339 g/mol. The van der Waals surface area contributed by atoms with Gasteiger partial charge < -0.3 is 11.1 Å². The molecule has 21 heavy (non-hydrogen) atoms. The van der Waals surface area contributed by atoms with Crippen molar-refractivity contribution < 1.29 is 9.18 Å². The number of carbonyl (C=O) groups excluding carboxylic acids is 1. The molecule has 0 aliphatic heterocycles. The van der Waals surface area contributed by atoms with Crippen molar-refractivity contribution in [3.8, 4) is 0 Å². The molecule has 0 bridgehead atoms. The number of nitrogens with zero attached hydrogens (tertiary/aromatic N) is 1. The van der Waals surface area contributed by atoms with Crippen molar-refractivity contribution in [2.24, 2.45) is 0 Å². The van der Waals surface area contributed by atoms with Crippen LogP contribution in [0.5, 0.6) is 0 Å². The van der Waals surface area contributed by atoms with E-state index in [9.17, 15) is 9.18 Å². The second-order valence-electron chi connectivity index (χ2n) is 4.75. The zero-order valence-corrected chi connectivity index (χ0v) is 13.3. The molecule has 7 heteroatoms. The minimum Gasteiger partial charge on any atom is -0.395 e. The molecule has 0 fully saturated rings. The first-order valence-corrected chi connectivity index (χ1v) is 7.33. The Kier molecular flexibility index (Phi) is 4.62. The van der Waals surface area contributed by atoms with Crippen LogP contribution in [-0.2, 0) is 6.42 Å². The Bertz CT molecular complexity index is 684. The van der Waals surface area contributed by atoms with E-state index in [4.69, 9.17) is 5.73 Å². The fraction of sp³-hybridized carbons (Fsp3) is 0.286. The van der Waals surface area contributed by atoms with Crippen molar-refractivity contribution in [2.75, 3.05) is 11.1 Å². The number of nitrogen functional groups attached to an aromatic ring is 1. The number of halogens is 2. The molecule has 1 heterocycles. The fourth-order valence-electron chi connectivity index (χ4n) is 1.96. The van der Waals surface area contributed by atoms with Gasteiger partial charge >= 0.3 is 0 Å². The lowest BCUT2D eigenvalue weighted by molar-refractivity contribution is 0.102. The van der Waals surface area contributed by atoms with Gasteiger partial charge in [-0.05, 0) is 47.0 Å². The summed E-state index contributed by atoms with van der Waals surface area (Å²) in [5.41, 5.74) is 8.29. The lowest BCUT2D eigenvalue weighted by Gasteiger charge is -2.09. The van der Waals surface area contributed by atoms with Crippen LogP contribution >= 0.6 is 15.9 Å². The molecule has 0 spiro atoms. The highest BCUT2D eigenvalue weighted by Crippen LogP contribution is 2.25. The first kappa shape index (κ1) is 15.5. The van der Waals surface area contributed by atoms with Gasteiger partial charge in [-0.15, -0.1) is 0 Å². The molecule has 0 aliphatic rings. The Morgan fingerprint density at radius 3 is 2.90 bits per heavy atom. The number of anilines is 2. The molecule has 2 aromatic rings. The maximum absolute atomic E-state index is 13.4. The van der Waals surface area contributed by atoms with Crippen LogP contribution in [0.3, 0.4) is 0 Å². The third-order valence-corrected chi connectivity index (χ3v) is 3.72. The summed E-state index contributed by atoms with van der Waals surface area (Å²) in [6.45, 7) is 3.72. The lowest BCUT2D eigenvalue weighted by Crippen LogP contribution is -2.15. The predicted octanol–water partition coefficient (Wildman–Crippen LogP) is 3.41. The number of H-pyrrole nitrogens is 1. The third kappa shape index (κ3) is 3.24. The molecule has 0 saturated carbocycles. The minimum absolute atomic E-state index is 0.151. The monoisotopic (exact) mass is 354 g/mol. The van der Waals surface area contributed by atoms with Gasteiger partial charge in [-0.3, -0.25) is 9.89 Å². The van der Waals surface area contributed by atoms with Crippen LogP contribution in [0.2, 0.25) is 0 Å². The largest absolute Gasteiger partial charge is 0.395 e. The van der Waals surface area contributed by atoms with Gasteiger partial charge in [0, 0.05) is 5.69 Å². The Morgan fingerprint density at radius 1 is 1.52 bits per heavy atom. The van der Waals surface area contributed by atoms with E-state index in [2.05, 4.69) is 31.4 Å². The average molecular weight is 355 g/mol. The molecule has 1 aromatic heterocycles. The second-order valence-corrected chi connectivity index (χ2v) is 5.60. The molecule has 1 amide bonds. The SMILES string of the molecule is CCCc1[nH]nc(C(=O)Nc2cc(Br)c(F)cc2C)c1N. The van der Waals surface area contributed by atoms with E-state index >= 15 is 0 Å². The summed E-state index contributed by atoms with van der Waals surface area (Å²) < 4.78 is 13.7. The average Bonchev–Trinajstić information content (AvgIpc) is 2.78. The van der Waals surface area contributed by atoms with Gasteiger partial charge in [0.25, 0.3) is 5.91 Å². The second kappa shape index (κ2) is 6.26. The summed E-state index contributed by atoms with van der Waals surface area (Å²) in [5, 5.41) is 9.42. The number of aromatic amines is 1. The van der Waals surface area contributed by atoms with Crippen LogP contribution in [-0.4, -0.2) is 16.1 Å². The minimum atomic E-state index is -0.423. The summed E-state index contributed by atoms with van der Waals surface area (Å²) in [4.78, 5) is 12.2. The quantitative estimate of drug-likeness (QED) is 0.786. The van der Waals surface area contributed by atoms with Gasteiger partial charge in [0.15, 0.2) is 5.69 Å². The number of hydrogen-bond acceptors (Lipinski definition) is 3. The molecular formula is C14H16BrFN4O. The van der Waals surface area contributed by atoms with Crippen LogP contribution in [0.4, 0.5) is 15.8 Å². The molecule has 112 valence electrons. The number of carbonyl (C=O) groups is 1. The maximum atomic E-state index is 13.4. The van der Waals surface area contributed by atoms with E-state index in [0.29, 0.717) is 16.9 Å². The first-order chi connectivity index (χ1) is 9.93. The van der Waals surface area contributed by atoms with Crippen LogP contribution in [0.15, 0.2) is 16.6 Å². The van der Waals surface area contributed by atoms with E-state index in [0.717, 1.165) is 18.5 Å². The topological polar surface area (TPSA) is 83.8 Å². The fourth-order valence-corrected chi connectivity index (χ4v) is 2.31. The summed E-state index contributed by atoms with van der Waals surface area (Å²) in [5.74, 6) is -0.803. The predicted molar refractivity (Wildman–Crippen MR) is 83.8 cm³/mol. The summed E-state index contributed by atoms with van der Waals surface area (Å²) in [7, 11) is 0. The zero-order chi connectivity index (χ0) is 15.6. The van der Waals surface area contributed by atoms with Gasteiger partial charge in [0.05, 0.1) is 15.9 Å². The highest BCUT2D eigenvalue weighted by molar-refractivity contribution is 9.10. The van der Waals surface area contributed by atoms with Gasteiger partial charge in [0.1, 0.15) is 5.82 Å². The van der Waals surface area contributed by atoms with Crippen LogP contribution in [0.1, 0.15) is 35.1 Å². The van der Waals surface area contributed by atoms with Crippen LogP contribution in [0.25, 0.3) is 0 Å². The number of hydrogen-bond donors (Lipinski definition) is 3. The molecule has 0 unspecified atom stereocenters. The molecule has 0 radical (unpaired) electrons. The van der Waals surface area contributed by atoms with E-state index in [1.54, 1.807) is 6.92 Å². The van der Waals surface area contributed by atoms with Crippen LogP contribution < -0.4 is 11.1 Å². The third-order valence-electron chi connectivity index (χ3n) is 3.11. The van der Waals surface area contributed by atoms with E-state index < -0.39 is 5.91 Å². The normalized spacial score (nSPS) is 10.7. The first-order valence-electron chi connectivity index (χ1n) is 6.53. The highest BCUT2D eigenvalue weighted by Gasteiger charge is 2.18. The number of aromatic nitrogens is 2. The number of benzene rings is 1. The summed E-state index contributed by atoms with van der Waals surface area (Å²) in [6, 6.07) is 2.86. The van der Waals surface area contributed by atoms with Crippen LogP contribution in [0, 0.1) is 12.7 Å². The van der Waals surface area contributed by atoms with E-state index in [1.807, 2.05) is 6.92 Å². The van der Waals surface area contributed by atoms with Crippen molar-refractivity contribution in [1.82, 2.24) is 10.2 Å². The standard InChI is InChI=1S/C14H16BrFN4O/c1-3-4-10-12(17)13(20-19-10)14(21)18-11-6-8(15)9(16)5-7(11)2/h5-6H,3-4,17H2,1-2H3,(H,18,21)(H,19,20). The molecule has 0 saturated heterocycles. The van der Waals surface area contributed by atoms with Gasteiger partial charge in [-0.2, -0.15) is 5.10 Å². The van der Waals surface area contributed by atoms with Crippen molar-refractivity contribution in [3.05, 3.63) is 39.4 Å². The summed E-state index contributed by atoms with van der Waals surface area (Å²) >= 11 is 3.09. The van der Waals surface area contributed by atoms with Crippen molar-refractivity contribution in [2.45, 2.75) is 26.7 Å². The van der Waals surface area contributed by atoms with Gasteiger partial charge in [-0.1, -0.05) is 13.3 Å². The van der Waals surface area contributed by atoms with Crippen molar-refractivity contribution in [1.29, 1.82) is 0 Å². The van der Waals surface area contributed by atoms with E-state index in [1.165, 1.54) is 12.1 Å². The number of nitrogens with two attached hydrogens (primary N) is 1. The number of amides is 1. The smallest absolute Gasteiger partial charge is 0.278 e. The van der Waals surface area contributed by atoms with Crippen molar-refractivity contribution in [3.63, 3.8) is 0 Å². The maximum Gasteiger partial charge on any atom is 0.278 e. The molecule has 0 atom stereocenters. The molecule has 5 nitrogen and oxygen atoms in total. The number of rotatable bonds is 4. The van der Waals surface area contributed by atoms with Crippen molar-refractivity contribution >= 4 is 33.2 Å². The Balaban J connectivity index is 2.24. The molecule has 0 aliphatic carbocycles. The Labute approximate surface area is 130 Å². The number of nitrogens with one attached hydrogen (secondary N) is 2. The Morgan fingerprint density at radius 2 is 2.24 bits per heavy atom. The zero-order valence-electron chi connectivity index (χ0n) is 11.8. The van der Waals surface area contributed by atoms with Gasteiger partial charge in [0.2, 0.25) is 0 Å². The molecule has 2 rings (SSSR count). The molecule has 4 N–H and O–H groups in total. The highest BCUT2D eigenvalue weighted by atomic mass is 79.9. The Hall–Kier alpha value is -1.89. The number of aryl methyl sites for hydroxylation is 2. The van der Waals surface area contributed by atoms with Gasteiger partial charge in [-0.25, -0.2) is 4.39 Å². The summed E-state index contributed by atoms with van der Waals surface area (Å²) in [6.07, 6.45) is 1.63. The lowest BCUT2D eigenvalue weighted by atomic mass is 10.1. The van der Waals surface area contributed by atoms with E-state index in [-0.39, 0.29) is 16.0 Å². The molecule has 1 aromatic carbocycles.